The monoisotopic (exact) mass is 466 g/mol. The van der Waals surface area contributed by atoms with E-state index < -0.39 is 0 Å². The number of likely N-dealkylation sites (N-methyl/N-ethyl adjacent to an activating group) is 1. The molecule has 0 saturated carbocycles. The van der Waals surface area contributed by atoms with Crippen LogP contribution in [-0.4, -0.2) is 49.0 Å². The minimum absolute atomic E-state index is 0.0910. The number of aliphatic hydroxyl groups excluding tert-OH is 1. The number of anilines is 2. The van der Waals surface area contributed by atoms with Gasteiger partial charge in [-0.05, 0) is 66.6 Å². The third-order valence-corrected chi connectivity index (χ3v) is 5.31. The van der Waals surface area contributed by atoms with Crippen molar-refractivity contribution in [3.63, 3.8) is 0 Å². The van der Waals surface area contributed by atoms with Crippen molar-refractivity contribution in [1.29, 1.82) is 0 Å². The number of rotatable bonds is 10. The minimum Gasteiger partial charge on any atom is -0.484 e. The number of nitrogens with zero attached hydrogens (tertiary/aromatic N) is 1. The number of allylic oxidation sites excluding steroid dienone is 4. The normalized spacial score (nSPS) is 15.2. The van der Waals surface area contributed by atoms with Gasteiger partial charge in [0.2, 0.25) is 0 Å². The van der Waals surface area contributed by atoms with E-state index in [2.05, 4.69) is 5.32 Å². The van der Waals surface area contributed by atoms with Gasteiger partial charge in [0, 0.05) is 30.5 Å². The second-order valence-electron chi connectivity index (χ2n) is 7.57. The Hall–Kier alpha value is -3.35. The first kappa shape index (κ1) is 24.3. The molecule has 2 N–H and O–H groups in total. The van der Waals surface area contributed by atoms with Gasteiger partial charge in [0.15, 0.2) is 12.4 Å². The van der Waals surface area contributed by atoms with Crippen LogP contribution in [0, 0.1) is 0 Å². The smallest absolute Gasteiger partial charge is 0.262 e. The second kappa shape index (κ2) is 12.0. The lowest BCUT2D eigenvalue weighted by Crippen LogP contribution is -2.20. The maximum Gasteiger partial charge on any atom is 0.262 e. The molecular formula is C26H27ClN2O4. The molecule has 1 unspecified atom stereocenters. The van der Waals surface area contributed by atoms with Crippen molar-refractivity contribution in [2.45, 2.75) is 11.8 Å². The highest BCUT2D eigenvalue weighted by Gasteiger charge is 2.10. The van der Waals surface area contributed by atoms with E-state index in [1.807, 2.05) is 42.3 Å². The standard InChI is InChI=1S/C26H27ClN2O4/c1-29(15-16-30)23-12-5-19(6-13-23)7-14-25(31)20-8-10-22(11-9-20)28-26(32)18-33-24-4-2-3-21(27)17-24/h2,4-14,17,21,30H,3,15-16,18H2,1H3,(H,28,32)/b14-7+. The van der Waals surface area contributed by atoms with Gasteiger partial charge in [0.1, 0.15) is 5.76 Å². The van der Waals surface area contributed by atoms with Crippen molar-refractivity contribution in [2.75, 3.05) is 37.0 Å². The van der Waals surface area contributed by atoms with Gasteiger partial charge in [0.25, 0.3) is 5.91 Å². The Labute approximate surface area is 198 Å². The van der Waals surface area contributed by atoms with Gasteiger partial charge in [-0.1, -0.05) is 24.3 Å². The summed E-state index contributed by atoms with van der Waals surface area (Å²) in [6.07, 6.45) is 9.49. The van der Waals surface area contributed by atoms with Crippen LogP contribution in [0.2, 0.25) is 0 Å². The van der Waals surface area contributed by atoms with Gasteiger partial charge in [-0.2, -0.15) is 0 Å². The lowest BCUT2D eigenvalue weighted by atomic mass is 10.1. The molecule has 2 aromatic carbocycles. The number of nitrogens with one attached hydrogen (secondary N) is 1. The molecule has 33 heavy (non-hydrogen) atoms. The lowest BCUT2D eigenvalue weighted by Gasteiger charge is -2.17. The summed E-state index contributed by atoms with van der Waals surface area (Å²) in [4.78, 5) is 26.5. The van der Waals surface area contributed by atoms with E-state index in [-0.39, 0.29) is 30.3 Å². The number of aliphatic hydroxyl groups is 1. The summed E-state index contributed by atoms with van der Waals surface area (Å²) in [5, 5.41) is 11.6. The number of alkyl halides is 1. The zero-order valence-electron chi connectivity index (χ0n) is 18.4. The number of ether oxygens (including phenoxy) is 1. The van der Waals surface area contributed by atoms with Crippen molar-refractivity contribution >= 4 is 40.7 Å². The Morgan fingerprint density at radius 2 is 1.91 bits per heavy atom. The molecule has 1 aliphatic rings. The van der Waals surface area contributed by atoms with Gasteiger partial charge >= 0.3 is 0 Å². The number of carbonyl (C=O) groups excluding carboxylic acids is 2. The van der Waals surface area contributed by atoms with E-state index >= 15 is 0 Å². The van der Waals surface area contributed by atoms with Crippen molar-refractivity contribution in [1.82, 2.24) is 0 Å². The number of benzene rings is 2. The number of carbonyl (C=O) groups is 2. The maximum absolute atomic E-state index is 12.5. The maximum atomic E-state index is 12.5. The van der Waals surface area contributed by atoms with Crippen molar-refractivity contribution < 1.29 is 19.4 Å². The largest absolute Gasteiger partial charge is 0.484 e. The molecule has 3 rings (SSSR count). The van der Waals surface area contributed by atoms with E-state index in [1.165, 1.54) is 6.08 Å². The van der Waals surface area contributed by atoms with Gasteiger partial charge < -0.3 is 20.1 Å². The summed E-state index contributed by atoms with van der Waals surface area (Å²) in [7, 11) is 1.91. The zero-order chi connectivity index (χ0) is 23.6. The lowest BCUT2D eigenvalue weighted by molar-refractivity contribution is -0.119. The first-order valence-electron chi connectivity index (χ1n) is 10.6. The molecule has 1 aliphatic carbocycles. The number of hydrogen-bond donors (Lipinski definition) is 2. The van der Waals surface area contributed by atoms with Crippen molar-refractivity contribution in [2.24, 2.45) is 0 Å². The predicted octanol–water partition coefficient (Wildman–Crippen LogP) is 4.42. The third-order valence-electron chi connectivity index (χ3n) is 5.01. The van der Waals surface area contributed by atoms with Crippen LogP contribution in [0.5, 0.6) is 0 Å². The van der Waals surface area contributed by atoms with Crippen LogP contribution in [0.15, 0.2) is 78.6 Å². The molecule has 1 amide bonds. The first-order valence-corrected chi connectivity index (χ1v) is 11.1. The molecule has 172 valence electrons. The minimum atomic E-state index is -0.298. The SMILES string of the molecule is CN(CCO)c1ccc(/C=C/C(=O)c2ccc(NC(=O)COC3=CC(Cl)CC=C3)cc2)cc1. The summed E-state index contributed by atoms with van der Waals surface area (Å²) in [6, 6.07) is 14.4. The molecular weight excluding hydrogens is 440 g/mol. The summed E-state index contributed by atoms with van der Waals surface area (Å²) >= 11 is 6.03. The molecule has 0 spiro atoms. The van der Waals surface area contributed by atoms with Gasteiger partial charge in [-0.25, -0.2) is 0 Å². The Bertz CT molecular complexity index is 1040. The molecule has 0 heterocycles. The molecule has 0 saturated heterocycles. The molecule has 0 bridgehead atoms. The van der Waals surface area contributed by atoms with E-state index in [0.29, 0.717) is 23.6 Å². The fourth-order valence-corrected chi connectivity index (χ4v) is 3.39. The average molecular weight is 467 g/mol. The summed E-state index contributed by atoms with van der Waals surface area (Å²) in [5.74, 6) is 0.147. The third kappa shape index (κ3) is 7.63. The fraction of sp³-hybridized carbons (Fsp3) is 0.231. The van der Waals surface area contributed by atoms with Crippen molar-refractivity contribution in [3.8, 4) is 0 Å². The topological polar surface area (TPSA) is 78.9 Å². The van der Waals surface area contributed by atoms with Crippen LogP contribution in [0.3, 0.4) is 0 Å². The molecule has 7 heteroatoms. The summed E-state index contributed by atoms with van der Waals surface area (Å²) in [5.41, 5.74) is 2.99. The molecule has 6 nitrogen and oxygen atoms in total. The highest BCUT2D eigenvalue weighted by atomic mass is 35.5. The van der Waals surface area contributed by atoms with Gasteiger partial charge in [-0.3, -0.25) is 9.59 Å². The highest BCUT2D eigenvalue weighted by Crippen LogP contribution is 2.17. The molecule has 0 aliphatic heterocycles. The van der Waals surface area contributed by atoms with E-state index in [1.54, 1.807) is 42.5 Å². The predicted molar refractivity (Wildman–Crippen MR) is 133 cm³/mol. The number of ketones is 1. The van der Waals surface area contributed by atoms with Crippen LogP contribution in [0.4, 0.5) is 11.4 Å². The zero-order valence-corrected chi connectivity index (χ0v) is 19.2. The van der Waals surface area contributed by atoms with E-state index in [4.69, 9.17) is 21.4 Å². The number of halogens is 1. The summed E-state index contributed by atoms with van der Waals surface area (Å²) in [6.45, 7) is 0.520. The van der Waals surface area contributed by atoms with Crippen molar-refractivity contribution in [3.05, 3.63) is 89.7 Å². The second-order valence-corrected chi connectivity index (χ2v) is 8.13. The molecule has 1 atom stereocenters. The quantitative estimate of drug-likeness (QED) is 0.308. The Morgan fingerprint density at radius 3 is 2.58 bits per heavy atom. The molecule has 2 aromatic rings. The van der Waals surface area contributed by atoms with E-state index in [0.717, 1.165) is 17.7 Å². The Balaban J connectivity index is 1.50. The molecule has 0 fully saturated rings. The first-order chi connectivity index (χ1) is 15.9. The Morgan fingerprint density at radius 1 is 1.18 bits per heavy atom. The Kier molecular flexibility index (Phi) is 8.87. The van der Waals surface area contributed by atoms with Crippen LogP contribution in [-0.2, 0) is 9.53 Å². The van der Waals surface area contributed by atoms with Gasteiger partial charge in [-0.15, -0.1) is 11.6 Å². The van der Waals surface area contributed by atoms with Crippen LogP contribution in [0.1, 0.15) is 22.3 Å². The molecule has 0 aromatic heterocycles. The highest BCUT2D eigenvalue weighted by molar-refractivity contribution is 6.22. The number of amides is 1. The van der Waals surface area contributed by atoms with Crippen LogP contribution in [0.25, 0.3) is 6.08 Å². The van der Waals surface area contributed by atoms with Crippen LogP contribution >= 0.6 is 11.6 Å². The average Bonchev–Trinajstić information content (AvgIpc) is 2.82. The van der Waals surface area contributed by atoms with Gasteiger partial charge in [0.05, 0.1) is 12.0 Å². The van der Waals surface area contributed by atoms with E-state index in [9.17, 15) is 9.59 Å². The van der Waals surface area contributed by atoms with Crippen LogP contribution < -0.4 is 10.2 Å². The number of hydrogen-bond acceptors (Lipinski definition) is 5. The molecule has 0 radical (unpaired) electrons. The summed E-state index contributed by atoms with van der Waals surface area (Å²) < 4.78 is 5.46. The fourth-order valence-electron chi connectivity index (χ4n) is 3.16.